The molecule has 0 fully saturated rings. The largest absolute Gasteiger partial charge is 0.339 e. The van der Waals surface area contributed by atoms with Gasteiger partial charge in [0.15, 0.2) is 16.3 Å². The number of imidazole rings is 1. The zero-order valence-corrected chi connectivity index (χ0v) is 14.1. The summed E-state index contributed by atoms with van der Waals surface area (Å²) in [6, 6.07) is 7.69. The topological polar surface area (TPSA) is 104 Å². The van der Waals surface area contributed by atoms with Crippen LogP contribution in [0.3, 0.4) is 0 Å². The number of aromatic amines is 2. The predicted octanol–water partition coefficient (Wildman–Crippen LogP) is 2.33. The SMILES string of the molecule is CCc1ccccc1NC(=O)[C@H](C)Sc1nc2nc[nH]c2c(=O)[nH]1. The molecule has 24 heavy (non-hydrogen) atoms. The van der Waals surface area contributed by atoms with Gasteiger partial charge in [0.2, 0.25) is 5.91 Å². The molecule has 124 valence electrons. The van der Waals surface area contributed by atoms with Gasteiger partial charge in [-0.05, 0) is 25.0 Å². The van der Waals surface area contributed by atoms with Gasteiger partial charge in [0.25, 0.3) is 5.56 Å². The molecule has 0 aliphatic rings. The normalized spacial score (nSPS) is 12.2. The van der Waals surface area contributed by atoms with Crippen LogP contribution in [0.25, 0.3) is 11.2 Å². The molecule has 7 nitrogen and oxygen atoms in total. The van der Waals surface area contributed by atoms with Crippen LogP contribution in [0.15, 0.2) is 40.5 Å². The van der Waals surface area contributed by atoms with E-state index in [0.717, 1.165) is 17.7 Å². The van der Waals surface area contributed by atoms with Crippen molar-refractivity contribution in [2.45, 2.75) is 30.7 Å². The van der Waals surface area contributed by atoms with E-state index in [1.54, 1.807) is 6.92 Å². The first-order valence-corrected chi connectivity index (χ1v) is 8.45. The number of nitrogens with zero attached hydrogens (tertiary/aromatic N) is 2. The van der Waals surface area contributed by atoms with Gasteiger partial charge in [-0.3, -0.25) is 14.6 Å². The van der Waals surface area contributed by atoms with Crippen molar-refractivity contribution >= 4 is 34.5 Å². The summed E-state index contributed by atoms with van der Waals surface area (Å²) in [6.45, 7) is 3.81. The third kappa shape index (κ3) is 3.33. The third-order valence-corrected chi connectivity index (χ3v) is 4.57. The number of hydrogen-bond acceptors (Lipinski definition) is 5. The molecule has 2 aromatic heterocycles. The number of para-hydroxylation sites is 1. The van der Waals surface area contributed by atoms with Crippen LogP contribution in [-0.2, 0) is 11.2 Å². The molecule has 2 heterocycles. The summed E-state index contributed by atoms with van der Waals surface area (Å²) in [5.74, 6) is -0.148. The summed E-state index contributed by atoms with van der Waals surface area (Å²) in [6.07, 6.45) is 2.25. The Morgan fingerprint density at radius 2 is 2.17 bits per heavy atom. The molecule has 0 saturated heterocycles. The molecule has 0 saturated carbocycles. The fraction of sp³-hybridized carbons (Fsp3) is 0.250. The number of aryl methyl sites for hydroxylation is 1. The van der Waals surface area contributed by atoms with Crippen LogP contribution < -0.4 is 10.9 Å². The minimum absolute atomic E-state index is 0.148. The lowest BCUT2D eigenvalue weighted by atomic mass is 10.1. The molecular formula is C16H17N5O2S. The lowest BCUT2D eigenvalue weighted by Crippen LogP contribution is -2.23. The number of carbonyl (C=O) groups excluding carboxylic acids is 1. The number of H-pyrrole nitrogens is 2. The molecule has 1 atom stereocenters. The number of thioether (sulfide) groups is 1. The second kappa shape index (κ2) is 6.88. The van der Waals surface area contributed by atoms with Gasteiger partial charge in [-0.1, -0.05) is 36.9 Å². The molecule has 8 heteroatoms. The van der Waals surface area contributed by atoms with E-state index in [2.05, 4.69) is 25.3 Å². The van der Waals surface area contributed by atoms with E-state index in [9.17, 15) is 9.59 Å². The van der Waals surface area contributed by atoms with Crippen LogP contribution in [0.1, 0.15) is 19.4 Å². The highest BCUT2D eigenvalue weighted by Gasteiger charge is 2.18. The molecule has 0 radical (unpaired) electrons. The van der Waals surface area contributed by atoms with Crippen molar-refractivity contribution in [2.24, 2.45) is 0 Å². The van der Waals surface area contributed by atoms with Gasteiger partial charge in [0, 0.05) is 5.69 Å². The quantitative estimate of drug-likeness (QED) is 0.487. The van der Waals surface area contributed by atoms with Crippen molar-refractivity contribution in [2.75, 3.05) is 5.32 Å². The van der Waals surface area contributed by atoms with Gasteiger partial charge in [-0.15, -0.1) is 0 Å². The fourth-order valence-corrected chi connectivity index (χ4v) is 3.08. The molecule has 0 aliphatic heterocycles. The Morgan fingerprint density at radius 1 is 1.38 bits per heavy atom. The smallest absolute Gasteiger partial charge is 0.277 e. The Balaban J connectivity index is 1.74. The van der Waals surface area contributed by atoms with E-state index in [0.29, 0.717) is 16.3 Å². The molecule has 1 aromatic carbocycles. The van der Waals surface area contributed by atoms with Crippen molar-refractivity contribution < 1.29 is 4.79 Å². The highest BCUT2D eigenvalue weighted by Crippen LogP contribution is 2.22. The van der Waals surface area contributed by atoms with Crippen LogP contribution >= 0.6 is 11.8 Å². The first-order chi connectivity index (χ1) is 11.6. The molecule has 0 unspecified atom stereocenters. The maximum Gasteiger partial charge on any atom is 0.277 e. The number of carbonyl (C=O) groups is 1. The van der Waals surface area contributed by atoms with E-state index < -0.39 is 5.25 Å². The van der Waals surface area contributed by atoms with E-state index in [-0.39, 0.29) is 11.5 Å². The van der Waals surface area contributed by atoms with E-state index in [1.165, 1.54) is 18.1 Å². The summed E-state index contributed by atoms with van der Waals surface area (Å²) in [4.78, 5) is 37.9. The molecule has 0 bridgehead atoms. The average molecular weight is 343 g/mol. The molecule has 0 aliphatic carbocycles. The van der Waals surface area contributed by atoms with Gasteiger partial charge in [-0.25, -0.2) is 9.97 Å². The standard InChI is InChI=1S/C16H17N5O2S/c1-3-10-6-4-5-7-11(10)19-14(22)9(2)24-16-20-13-12(15(23)21-16)17-8-18-13/h4-9H,3H2,1-2H3,(H,19,22)(H2,17,18,20,21,23)/t9-/m0/s1. The number of anilines is 1. The first-order valence-electron chi connectivity index (χ1n) is 7.57. The van der Waals surface area contributed by atoms with Gasteiger partial charge >= 0.3 is 0 Å². The van der Waals surface area contributed by atoms with Gasteiger partial charge in [-0.2, -0.15) is 0 Å². The molecule has 1 amide bonds. The summed E-state index contributed by atoms with van der Waals surface area (Å²) in [7, 11) is 0. The molecule has 0 spiro atoms. The first kappa shape index (κ1) is 16.3. The highest BCUT2D eigenvalue weighted by molar-refractivity contribution is 8.00. The Hall–Kier alpha value is -2.61. The van der Waals surface area contributed by atoms with Crippen molar-refractivity contribution in [1.82, 2.24) is 19.9 Å². The number of rotatable bonds is 5. The monoisotopic (exact) mass is 343 g/mol. The second-order valence-corrected chi connectivity index (χ2v) is 6.56. The fourth-order valence-electron chi connectivity index (χ4n) is 2.28. The number of aromatic nitrogens is 4. The molecule has 3 aromatic rings. The summed E-state index contributed by atoms with van der Waals surface area (Å²) >= 11 is 1.18. The zero-order chi connectivity index (χ0) is 17.1. The van der Waals surface area contributed by atoms with Crippen molar-refractivity contribution in [3.8, 4) is 0 Å². The minimum atomic E-state index is -0.422. The molecule has 3 rings (SSSR count). The number of hydrogen-bond donors (Lipinski definition) is 3. The van der Waals surface area contributed by atoms with Crippen LogP contribution in [0.2, 0.25) is 0 Å². The predicted molar refractivity (Wildman–Crippen MR) is 94.3 cm³/mol. The van der Waals surface area contributed by atoms with Gasteiger partial charge in [0.05, 0.1) is 11.6 Å². The number of benzene rings is 1. The van der Waals surface area contributed by atoms with Crippen molar-refractivity contribution in [3.63, 3.8) is 0 Å². The number of amides is 1. The Bertz CT molecular complexity index is 933. The lowest BCUT2D eigenvalue weighted by Gasteiger charge is -2.13. The van der Waals surface area contributed by atoms with Crippen LogP contribution in [-0.4, -0.2) is 31.1 Å². The number of fused-ring (bicyclic) bond motifs is 1. The maximum absolute atomic E-state index is 12.4. The van der Waals surface area contributed by atoms with Crippen molar-refractivity contribution in [1.29, 1.82) is 0 Å². The van der Waals surface area contributed by atoms with Crippen LogP contribution in [0.5, 0.6) is 0 Å². The van der Waals surface area contributed by atoms with Gasteiger partial charge in [0.1, 0.15) is 0 Å². The van der Waals surface area contributed by atoms with Crippen LogP contribution in [0.4, 0.5) is 5.69 Å². The second-order valence-electron chi connectivity index (χ2n) is 5.23. The Kier molecular flexibility index (Phi) is 4.66. The van der Waals surface area contributed by atoms with Crippen LogP contribution in [0, 0.1) is 0 Å². The molecular weight excluding hydrogens is 326 g/mol. The Morgan fingerprint density at radius 3 is 2.96 bits per heavy atom. The van der Waals surface area contributed by atoms with Crippen molar-refractivity contribution in [3.05, 3.63) is 46.5 Å². The van der Waals surface area contributed by atoms with E-state index in [1.807, 2.05) is 31.2 Å². The summed E-state index contributed by atoms with van der Waals surface area (Å²) in [5.41, 5.74) is 2.25. The summed E-state index contributed by atoms with van der Waals surface area (Å²) in [5, 5.41) is 2.87. The lowest BCUT2D eigenvalue weighted by molar-refractivity contribution is -0.115. The zero-order valence-electron chi connectivity index (χ0n) is 13.3. The Labute approximate surface area is 142 Å². The van der Waals surface area contributed by atoms with E-state index in [4.69, 9.17) is 0 Å². The number of nitrogens with one attached hydrogen (secondary N) is 3. The maximum atomic E-state index is 12.4. The van der Waals surface area contributed by atoms with E-state index >= 15 is 0 Å². The highest BCUT2D eigenvalue weighted by atomic mass is 32.2. The third-order valence-electron chi connectivity index (χ3n) is 3.59. The summed E-state index contributed by atoms with van der Waals surface area (Å²) < 4.78 is 0. The minimum Gasteiger partial charge on any atom is -0.339 e. The molecule has 3 N–H and O–H groups in total. The van der Waals surface area contributed by atoms with Gasteiger partial charge < -0.3 is 10.3 Å². The average Bonchev–Trinajstić information content (AvgIpc) is 3.04.